The van der Waals surface area contributed by atoms with Gasteiger partial charge >= 0.3 is 11.6 Å². The molecular weight excluding hydrogens is 860 g/mol. The van der Waals surface area contributed by atoms with Gasteiger partial charge in [0.15, 0.2) is 0 Å². The minimum Gasteiger partial charge on any atom is -0.168 e. The van der Waals surface area contributed by atoms with Gasteiger partial charge in [-0.2, -0.15) is 8.42 Å². The molecule has 4 aromatic rings. The first-order valence-corrected chi connectivity index (χ1v) is 13.9. The van der Waals surface area contributed by atoms with E-state index in [1.165, 1.54) is 36.5 Å². The summed E-state index contributed by atoms with van der Waals surface area (Å²) in [7, 11) is 0. The highest BCUT2D eigenvalue weighted by molar-refractivity contribution is 14.1. The Bertz CT molecular complexity index is 1090. The molecule has 0 aliphatic rings. The van der Waals surface area contributed by atoms with Crippen LogP contribution in [0.2, 0.25) is 0 Å². The summed E-state index contributed by atoms with van der Waals surface area (Å²) in [4.78, 5) is 0. The second kappa shape index (κ2) is 14.7. The lowest BCUT2D eigenvalue weighted by atomic mass is 10.1. The van der Waals surface area contributed by atoms with Crippen molar-refractivity contribution in [1.29, 1.82) is 0 Å². The van der Waals surface area contributed by atoms with Crippen LogP contribution in [0.25, 0.3) is 22.3 Å². The van der Waals surface area contributed by atoms with Gasteiger partial charge in [-0.05, 0) is 149 Å². The monoisotopic (exact) mass is 876 g/mol. The Hall–Kier alpha value is -0.380. The molecule has 0 saturated heterocycles. The standard InChI is InChI=1S/2C12H8I2.O2S/c2*13-10-5-3-4-9(8-10)11-6-1-2-7-12(11)14;1-3-2/h2*1-8H;. The minimum atomic E-state index is -0.750. The van der Waals surface area contributed by atoms with Crippen molar-refractivity contribution in [1.82, 2.24) is 0 Å². The zero-order valence-electron chi connectivity index (χ0n) is 16.0. The maximum atomic E-state index is 8.29. The molecule has 4 aromatic carbocycles. The summed E-state index contributed by atoms with van der Waals surface area (Å²) in [6.45, 7) is 0. The molecule has 0 unspecified atom stereocenters. The van der Waals surface area contributed by atoms with Gasteiger partial charge in [-0.25, -0.2) is 0 Å². The molecule has 158 valence electrons. The molecule has 31 heavy (non-hydrogen) atoms. The highest BCUT2D eigenvalue weighted by Crippen LogP contribution is 2.26. The van der Waals surface area contributed by atoms with Crippen molar-refractivity contribution in [3.63, 3.8) is 0 Å². The van der Waals surface area contributed by atoms with E-state index in [0.29, 0.717) is 0 Å². The summed E-state index contributed by atoms with van der Waals surface area (Å²) < 4.78 is 21.7. The van der Waals surface area contributed by atoms with Crippen LogP contribution < -0.4 is 0 Å². The third-order valence-corrected chi connectivity index (χ3v) is 7.24. The molecular formula is C24H16I4O2S. The van der Waals surface area contributed by atoms with E-state index in [4.69, 9.17) is 8.42 Å². The van der Waals surface area contributed by atoms with Crippen LogP contribution in [-0.2, 0) is 11.6 Å². The highest BCUT2D eigenvalue weighted by Gasteiger charge is 2.02. The summed E-state index contributed by atoms with van der Waals surface area (Å²) in [6, 6.07) is 34.0. The number of halogens is 4. The van der Waals surface area contributed by atoms with E-state index < -0.39 is 11.6 Å². The summed E-state index contributed by atoms with van der Waals surface area (Å²) in [5, 5.41) is 0. The number of hydrogen-bond acceptors (Lipinski definition) is 2. The molecule has 0 bridgehead atoms. The van der Waals surface area contributed by atoms with Crippen LogP contribution in [-0.4, -0.2) is 8.42 Å². The van der Waals surface area contributed by atoms with Gasteiger partial charge in [0.1, 0.15) is 0 Å². The molecule has 0 N–H and O–H groups in total. The van der Waals surface area contributed by atoms with Crippen LogP contribution >= 0.6 is 90.4 Å². The lowest BCUT2D eigenvalue weighted by molar-refractivity contribution is 0.630. The summed E-state index contributed by atoms with van der Waals surface area (Å²) >= 11 is 8.68. The molecule has 7 heteroatoms. The average molecular weight is 876 g/mol. The largest absolute Gasteiger partial charge is 0.335 e. The smallest absolute Gasteiger partial charge is 0.168 e. The van der Waals surface area contributed by atoms with Gasteiger partial charge in [-0.15, -0.1) is 0 Å². The van der Waals surface area contributed by atoms with Crippen LogP contribution in [0.5, 0.6) is 0 Å². The van der Waals surface area contributed by atoms with E-state index in [-0.39, 0.29) is 0 Å². The van der Waals surface area contributed by atoms with E-state index in [1.54, 1.807) is 0 Å². The SMILES string of the molecule is Ic1cccc(-c2ccccc2I)c1.Ic1cccc(-c2ccccc2I)c1.O=S=O. The van der Waals surface area contributed by atoms with E-state index in [1.807, 2.05) is 0 Å². The number of rotatable bonds is 2. The number of benzene rings is 4. The second-order valence-electron chi connectivity index (χ2n) is 6.05. The van der Waals surface area contributed by atoms with Gasteiger partial charge in [0.25, 0.3) is 0 Å². The fourth-order valence-electron chi connectivity index (χ4n) is 2.70. The quantitative estimate of drug-likeness (QED) is 0.190. The summed E-state index contributed by atoms with van der Waals surface area (Å²) in [6.07, 6.45) is 0. The van der Waals surface area contributed by atoms with Crippen LogP contribution in [0.4, 0.5) is 0 Å². The predicted molar refractivity (Wildman–Crippen MR) is 164 cm³/mol. The zero-order chi connectivity index (χ0) is 22.6. The minimum absolute atomic E-state index is 0.750. The van der Waals surface area contributed by atoms with Gasteiger partial charge in [-0.1, -0.05) is 60.7 Å². The van der Waals surface area contributed by atoms with E-state index >= 15 is 0 Å². The summed E-state index contributed by atoms with van der Waals surface area (Å²) in [5.74, 6) is 0. The molecule has 0 aromatic heterocycles. The van der Waals surface area contributed by atoms with Crippen molar-refractivity contribution < 1.29 is 8.42 Å². The molecule has 0 aliphatic heterocycles. The third-order valence-electron chi connectivity index (χ3n) is 4.02. The Morgan fingerprint density at radius 1 is 0.484 bits per heavy atom. The lowest BCUT2D eigenvalue weighted by Gasteiger charge is -2.04. The first kappa shape index (κ1) is 26.9. The fraction of sp³-hybridized carbons (Fsp3) is 0. The van der Waals surface area contributed by atoms with Crippen LogP contribution in [0, 0.1) is 14.3 Å². The van der Waals surface area contributed by atoms with Gasteiger partial charge < -0.3 is 0 Å². The molecule has 0 atom stereocenters. The Labute approximate surface area is 240 Å². The van der Waals surface area contributed by atoms with E-state index in [0.717, 1.165) is 0 Å². The van der Waals surface area contributed by atoms with Crippen LogP contribution in [0.15, 0.2) is 97.1 Å². The van der Waals surface area contributed by atoms with Crippen molar-refractivity contribution in [3.8, 4) is 22.3 Å². The Balaban J connectivity index is 0.000000196. The van der Waals surface area contributed by atoms with Crippen LogP contribution in [0.3, 0.4) is 0 Å². The van der Waals surface area contributed by atoms with E-state index in [9.17, 15) is 0 Å². The molecule has 0 aliphatic carbocycles. The second-order valence-corrected chi connectivity index (χ2v) is 11.0. The fourth-order valence-corrected chi connectivity index (χ4v) is 5.19. The zero-order valence-corrected chi connectivity index (χ0v) is 25.4. The third kappa shape index (κ3) is 9.18. The van der Waals surface area contributed by atoms with Crippen molar-refractivity contribution in [3.05, 3.63) is 111 Å². The molecule has 0 heterocycles. The Morgan fingerprint density at radius 3 is 1.16 bits per heavy atom. The lowest BCUT2D eigenvalue weighted by Crippen LogP contribution is -1.82. The summed E-state index contributed by atoms with van der Waals surface area (Å²) in [5.41, 5.74) is 5.21. The Morgan fingerprint density at radius 2 is 0.839 bits per heavy atom. The molecule has 0 radical (unpaired) electrons. The van der Waals surface area contributed by atoms with Crippen molar-refractivity contribution >= 4 is 102 Å². The van der Waals surface area contributed by atoms with Gasteiger partial charge in [0.2, 0.25) is 0 Å². The van der Waals surface area contributed by atoms with Gasteiger partial charge in [0, 0.05) is 14.3 Å². The maximum Gasteiger partial charge on any atom is 0.335 e. The topological polar surface area (TPSA) is 34.1 Å². The molecule has 2 nitrogen and oxygen atoms in total. The van der Waals surface area contributed by atoms with Crippen LogP contribution in [0.1, 0.15) is 0 Å². The molecule has 4 rings (SSSR count). The average Bonchev–Trinajstić information content (AvgIpc) is 2.75. The van der Waals surface area contributed by atoms with Gasteiger partial charge in [-0.3, -0.25) is 0 Å². The molecule has 0 fully saturated rings. The van der Waals surface area contributed by atoms with Crippen molar-refractivity contribution in [2.45, 2.75) is 0 Å². The van der Waals surface area contributed by atoms with E-state index in [2.05, 4.69) is 187 Å². The van der Waals surface area contributed by atoms with Crippen molar-refractivity contribution in [2.24, 2.45) is 0 Å². The first-order valence-electron chi connectivity index (χ1n) is 8.89. The Kier molecular flexibility index (Phi) is 12.7. The molecule has 0 saturated carbocycles. The number of hydrogen-bond donors (Lipinski definition) is 0. The van der Waals surface area contributed by atoms with Crippen molar-refractivity contribution in [2.75, 3.05) is 0 Å². The molecule has 0 amide bonds. The first-order chi connectivity index (χ1) is 15.0. The van der Waals surface area contributed by atoms with Gasteiger partial charge in [0.05, 0.1) is 0 Å². The molecule has 0 spiro atoms. The highest BCUT2D eigenvalue weighted by atomic mass is 127. The maximum absolute atomic E-state index is 8.29. The predicted octanol–water partition coefficient (Wildman–Crippen LogP) is 8.46. The normalized spacial score (nSPS) is 9.55.